The number of ether oxygens (including phenoxy) is 2. The molecular weight excluding hydrogens is 504 g/mol. The monoisotopic (exact) mass is 536 g/mol. The highest BCUT2D eigenvalue weighted by Gasteiger charge is 2.28. The van der Waals surface area contributed by atoms with Crippen LogP contribution in [-0.2, 0) is 9.47 Å². The fourth-order valence-corrected chi connectivity index (χ4v) is 4.17. The maximum absolute atomic E-state index is 13.1. The van der Waals surface area contributed by atoms with Crippen molar-refractivity contribution in [3.05, 3.63) is 28.4 Å². The minimum atomic E-state index is -0.695. The van der Waals surface area contributed by atoms with Gasteiger partial charge >= 0.3 is 12.2 Å². The van der Waals surface area contributed by atoms with Crippen LogP contribution in [0.25, 0.3) is 10.9 Å². The molecule has 186 valence electrons. The van der Waals surface area contributed by atoms with Gasteiger partial charge in [0.25, 0.3) is 5.91 Å². The molecule has 2 N–H and O–H groups in total. The van der Waals surface area contributed by atoms with Gasteiger partial charge in [0.15, 0.2) is 5.69 Å². The smallest absolute Gasteiger partial charge is 0.435 e. The number of amides is 2. The molecule has 1 saturated carbocycles. The summed E-state index contributed by atoms with van der Waals surface area (Å²) >= 11 is 3.42. The molecule has 0 spiro atoms. The molecular formula is C24H33BrN4O5. The first-order valence-corrected chi connectivity index (χ1v) is 12.2. The van der Waals surface area contributed by atoms with E-state index < -0.39 is 23.4 Å². The second-order valence-electron chi connectivity index (χ2n) is 10.6. The van der Waals surface area contributed by atoms with Crippen molar-refractivity contribution >= 4 is 44.9 Å². The van der Waals surface area contributed by atoms with Gasteiger partial charge in [-0.15, -0.1) is 0 Å². The van der Waals surface area contributed by atoms with E-state index in [0.29, 0.717) is 23.7 Å². The Morgan fingerprint density at radius 2 is 1.50 bits per heavy atom. The average molecular weight is 537 g/mol. The second-order valence-corrected chi connectivity index (χ2v) is 11.5. The van der Waals surface area contributed by atoms with E-state index in [2.05, 4.69) is 31.7 Å². The Balaban J connectivity index is 1.68. The zero-order chi connectivity index (χ0) is 25.3. The molecule has 0 aliphatic heterocycles. The van der Waals surface area contributed by atoms with Crippen molar-refractivity contribution in [2.24, 2.45) is 0 Å². The summed E-state index contributed by atoms with van der Waals surface area (Å²) < 4.78 is 12.7. The van der Waals surface area contributed by atoms with Crippen LogP contribution < -0.4 is 10.6 Å². The lowest BCUT2D eigenvalue weighted by molar-refractivity contribution is 0.0483. The Kier molecular flexibility index (Phi) is 7.59. The van der Waals surface area contributed by atoms with Crippen LogP contribution in [0.15, 0.2) is 22.7 Å². The maximum atomic E-state index is 13.1. The molecule has 1 aromatic heterocycles. The largest absolute Gasteiger partial charge is 0.444 e. The molecule has 1 heterocycles. The van der Waals surface area contributed by atoms with Crippen molar-refractivity contribution < 1.29 is 23.9 Å². The lowest BCUT2D eigenvalue weighted by Crippen LogP contribution is -2.45. The number of fused-ring (bicyclic) bond motifs is 1. The third kappa shape index (κ3) is 6.94. The van der Waals surface area contributed by atoms with E-state index >= 15 is 0 Å². The SMILES string of the molecule is CC(C)(C)OC(=O)N[C@H]1CC[C@H](NC(=O)c2nn(C(=O)OC(C)(C)C)c3ccc(Br)cc23)CC1. The topological polar surface area (TPSA) is 112 Å². The Hall–Kier alpha value is -2.62. The lowest BCUT2D eigenvalue weighted by Gasteiger charge is -2.30. The highest BCUT2D eigenvalue weighted by molar-refractivity contribution is 9.10. The Morgan fingerprint density at radius 1 is 0.941 bits per heavy atom. The van der Waals surface area contributed by atoms with Crippen molar-refractivity contribution in [1.82, 2.24) is 20.4 Å². The lowest BCUT2D eigenvalue weighted by atomic mass is 9.91. The van der Waals surface area contributed by atoms with E-state index in [9.17, 15) is 14.4 Å². The highest BCUT2D eigenvalue weighted by atomic mass is 79.9. The van der Waals surface area contributed by atoms with Gasteiger partial charge < -0.3 is 20.1 Å². The molecule has 0 saturated heterocycles. The number of nitrogens with one attached hydrogen (secondary N) is 2. The molecule has 1 aliphatic carbocycles. The van der Waals surface area contributed by atoms with E-state index in [1.165, 1.54) is 0 Å². The number of carbonyl (C=O) groups excluding carboxylic acids is 3. The predicted octanol–water partition coefficient (Wildman–Crippen LogP) is 5.15. The van der Waals surface area contributed by atoms with Crippen LogP contribution in [0.1, 0.15) is 77.7 Å². The number of aromatic nitrogens is 2. The fourth-order valence-electron chi connectivity index (χ4n) is 3.81. The number of benzene rings is 1. The molecule has 34 heavy (non-hydrogen) atoms. The predicted molar refractivity (Wildman–Crippen MR) is 132 cm³/mol. The van der Waals surface area contributed by atoms with E-state index in [0.717, 1.165) is 22.0 Å². The standard InChI is InChI=1S/C24H33BrN4O5/c1-23(2,3)33-21(31)27-16-10-8-15(9-11-16)26-20(30)19-17-13-14(25)7-12-18(17)29(28-19)22(32)34-24(4,5)6/h7,12-13,15-16H,8-11H2,1-6H3,(H,26,30)(H,27,31)/t15-,16-. The molecule has 0 unspecified atom stereocenters. The number of carbonyl (C=O) groups is 3. The summed E-state index contributed by atoms with van der Waals surface area (Å²) in [5.41, 5.74) is -0.585. The molecule has 1 fully saturated rings. The first-order chi connectivity index (χ1) is 15.7. The van der Waals surface area contributed by atoms with Gasteiger partial charge in [-0.25, -0.2) is 9.59 Å². The van der Waals surface area contributed by atoms with Gasteiger partial charge in [0, 0.05) is 21.9 Å². The zero-order valence-electron chi connectivity index (χ0n) is 20.5. The number of hydrogen-bond donors (Lipinski definition) is 2. The maximum Gasteiger partial charge on any atom is 0.435 e. The van der Waals surface area contributed by atoms with Crippen LogP contribution >= 0.6 is 15.9 Å². The number of rotatable bonds is 3. The molecule has 0 radical (unpaired) electrons. The third-order valence-electron chi connectivity index (χ3n) is 5.21. The molecule has 3 rings (SSSR count). The molecule has 1 aliphatic rings. The zero-order valence-corrected chi connectivity index (χ0v) is 22.1. The molecule has 0 atom stereocenters. The van der Waals surface area contributed by atoms with Gasteiger partial charge in [-0.1, -0.05) is 15.9 Å². The first kappa shape index (κ1) is 26.0. The molecule has 2 aromatic rings. The fraction of sp³-hybridized carbons (Fsp3) is 0.583. The minimum Gasteiger partial charge on any atom is -0.444 e. The van der Waals surface area contributed by atoms with E-state index in [1.54, 1.807) is 39.0 Å². The summed E-state index contributed by atoms with van der Waals surface area (Å²) in [6.07, 6.45) is 1.80. The third-order valence-corrected chi connectivity index (χ3v) is 5.70. The van der Waals surface area contributed by atoms with Crippen LogP contribution in [0.4, 0.5) is 9.59 Å². The number of hydrogen-bond acceptors (Lipinski definition) is 6. The molecule has 9 nitrogen and oxygen atoms in total. The van der Waals surface area contributed by atoms with Crippen LogP contribution in [0, 0.1) is 0 Å². The van der Waals surface area contributed by atoms with Gasteiger partial charge in [0.2, 0.25) is 0 Å². The van der Waals surface area contributed by atoms with Gasteiger partial charge in [-0.3, -0.25) is 4.79 Å². The van der Waals surface area contributed by atoms with Crippen molar-refractivity contribution in [2.75, 3.05) is 0 Å². The number of nitrogens with zero attached hydrogens (tertiary/aromatic N) is 2. The number of halogens is 1. The van der Waals surface area contributed by atoms with Crippen molar-refractivity contribution in [2.45, 2.75) is 90.5 Å². The van der Waals surface area contributed by atoms with Gasteiger partial charge in [0.05, 0.1) is 5.52 Å². The highest BCUT2D eigenvalue weighted by Crippen LogP contribution is 2.25. The summed E-state index contributed by atoms with van der Waals surface area (Å²) in [5.74, 6) is -0.353. The van der Waals surface area contributed by atoms with Gasteiger partial charge in [0.1, 0.15) is 11.2 Å². The van der Waals surface area contributed by atoms with Crippen molar-refractivity contribution in [3.63, 3.8) is 0 Å². The first-order valence-electron chi connectivity index (χ1n) is 11.4. The Morgan fingerprint density at radius 3 is 2.06 bits per heavy atom. The van der Waals surface area contributed by atoms with Gasteiger partial charge in [-0.2, -0.15) is 9.78 Å². The normalized spacial score (nSPS) is 18.9. The quantitative estimate of drug-likeness (QED) is 0.561. The summed E-state index contributed by atoms with van der Waals surface area (Å²) in [6, 6.07) is 5.22. The van der Waals surface area contributed by atoms with Crippen LogP contribution in [-0.4, -0.2) is 51.2 Å². The van der Waals surface area contributed by atoms with Gasteiger partial charge in [-0.05, 0) is 85.4 Å². The van der Waals surface area contributed by atoms with E-state index in [1.807, 2.05) is 20.8 Å². The Bertz CT molecular complexity index is 1080. The van der Waals surface area contributed by atoms with Crippen LogP contribution in [0.5, 0.6) is 0 Å². The van der Waals surface area contributed by atoms with E-state index in [4.69, 9.17) is 9.47 Å². The van der Waals surface area contributed by atoms with Crippen LogP contribution in [0.2, 0.25) is 0 Å². The Labute approximate surface area is 208 Å². The minimum absolute atomic E-state index is 0.00571. The summed E-state index contributed by atoms with van der Waals surface area (Å²) in [7, 11) is 0. The summed E-state index contributed by atoms with van der Waals surface area (Å²) in [4.78, 5) is 37.8. The summed E-state index contributed by atoms with van der Waals surface area (Å²) in [6.45, 7) is 10.8. The number of alkyl carbamates (subject to hydrolysis) is 1. The summed E-state index contributed by atoms with van der Waals surface area (Å²) in [5, 5.41) is 10.8. The van der Waals surface area contributed by atoms with Crippen molar-refractivity contribution in [3.8, 4) is 0 Å². The van der Waals surface area contributed by atoms with Crippen LogP contribution in [0.3, 0.4) is 0 Å². The molecule has 2 amide bonds. The van der Waals surface area contributed by atoms with E-state index in [-0.39, 0.29) is 23.7 Å². The second kappa shape index (κ2) is 9.93. The van der Waals surface area contributed by atoms with Crippen molar-refractivity contribution in [1.29, 1.82) is 0 Å². The molecule has 10 heteroatoms. The molecule has 0 bridgehead atoms. The average Bonchev–Trinajstić information content (AvgIpc) is 3.05. The molecule has 1 aromatic carbocycles.